The first-order chi connectivity index (χ1) is 8.49. The zero-order chi connectivity index (χ0) is 13.3. The number of benzene rings is 1. The highest BCUT2D eigenvalue weighted by Gasteiger charge is 2.32. The van der Waals surface area contributed by atoms with E-state index in [0.29, 0.717) is 17.9 Å². The van der Waals surface area contributed by atoms with Gasteiger partial charge in [-0.1, -0.05) is 39.8 Å². The van der Waals surface area contributed by atoms with E-state index < -0.39 is 0 Å². The predicted octanol–water partition coefficient (Wildman–Crippen LogP) is 4.24. The lowest BCUT2D eigenvalue weighted by Gasteiger charge is -2.38. The summed E-state index contributed by atoms with van der Waals surface area (Å²) >= 11 is 0. The van der Waals surface area contributed by atoms with Crippen LogP contribution in [0.5, 0.6) is 5.75 Å². The fraction of sp³-hybridized carbons (Fsp3) is 0.625. The molecule has 1 aliphatic heterocycles. The van der Waals surface area contributed by atoms with Gasteiger partial charge in [-0.2, -0.15) is 0 Å². The summed E-state index contributed by atoms with van der Waals surface area (Å²) in [5, 5.41) is 3.67. The molecule has 1 heterocycles. The normalized spacial score (nSPS) is 22.6. The second-order valence-corrected chi connectivity index (χ2v) is 6.15. The van der Waals surface area contributed by atoms with Gasteiger partial charge in [-0.25, -0.2) is 0 Å². The first-order valence-electron chi connectivity index (χ1n) is 7.02. The lowest BCUT2D eigenvalue weighted by molar-refractivity contribution is 0.124. The minimum absolute atomic E-state index is 0.276. The quantitative estimate of drug-likeness (QED) is 0.862. The Kier molecular flexibility index (Phi) is 3.84. The number of hydrogen-bond acceptors (Lipinski definition) is 2. The van der Waals surface area contributed by atoms with E-state index in [1.54, 1.807) is 0 Å². The number of anilines is 1. The van der Waals surface area contributed by atoms with Crippen LogP contribution >= 0.6 is 0 Å². The van der Waals surface area contributed by atoms with E-state index in [1.807, 2.05) is 0 Å². The van der Waals surface area contributed by atoms with Gasteiger partial charge in [0, 0.05) is 0 Å². The molecular weight excluding hydrogens is 222 g/mol. The Morgan fingerprint density at radius 3 is 2.56 bits per heavy atom. The number of nitrogens with one attached hydrogen (secondary N) is 1. The minimum atomic E-state index is 0.276. The topological polar surface area (TPSA) is 21.3 Å². The van der Waals surface area contributed by atoms with Gasteiger partial charge in [-0.05, 0) is 36.8 Å². The van der Waals surface area contributed by atoms with E-state index in [9.17, 15) is 0 Å². The molecule has 2 heteroatoms. The van der Waals surface area contributed by atoms with Crippen molar-refractivity contribution in [2.75, 3.05) is 5.32 Å². The molecule has 18 heavy (non-hydrogen) atoms. The zero-order valence-electron chi connectivity index (χ0n) is 12.2. The van der Waals surface area contributed by atoms with Crippen molar-refractivity contribution >= 4 is 5.69 Å². The fourth-order valence-corrected chi connectivity index (χ4v) is 2.68. The molecule has 1 N–H and O–H groups in total. The molecule has 0 spiro atoms. The number of ether oxygens (including phenoxy) is 1. The molecule has 1 aromatic rings. The standard InChI is InChI=1S/C16H25NO/c1-10(2)9-14-15(11(3)4)17-13-8-6-7-12(5)16(13)18-14/h6-8,10-11,14-15,17H,9H2,1-5H3. The second kappa shape index (κ2) is 5.21. The maximum atomic E-state index is 6.28. The number of rotatable bonds is 3. The smallest absolute Gasteiger partial charge is 0.145 e. The molecule has 0 radical (unpaired) electrons. The monoisotopic (exact) mass is 247 g/mol. The van der Waals surface area contributed by atoms with Gasteiger partial charge in [0.15, 0.2) is 0 Å². The van der Waals surface area contributed by atoms with E-state index in [1.165, 1.54) is 5.56 Å². The second-order valence-electron chi connectivity index (χ2n) is 6.15. The molecule has 2 unspecified atom stereocenters. The van der Waals surface area contributed by atoms with Gasteiger partial charge in [-0.15, -0.1) is 0 Å². The Bertz CT molecular complexity index is 412. The van der Waals surface area contributed by atoms with Crippen LogP contribution in [0.15, 0.2) is 18.2 Å². The van der Waals surface area contributed by atoms with Gasteiger partial charge in [0.1, 0.15) is 11.9 Å². The highest BCUT2D eigenvalue weighted by atomic mass is 16.5. The molecule has 1 aliphatic rings. The molecule has 0 fully saturated rings. The van der Waals surface area contributed by atoms with Crippen LogP contribution < -0.4 is 10.1 Å². The Morgan fingerprint density at radius 1 is 1.22 bits per heavy atom. The summed E-state index contributed by atoms with van der Waals surface area (Å²) < 4.78 is 6.28. The van der Waals surface area contributed by atoms with Gasteiger partial charge in [0.25, 0.3) is 0 Å². The molecule has 0 bridgehead atoms. The van der Waals surface area contributed by atoms with Crippen LogP contribution in [-0.4, -0.2) is 12.1 Å². The van der Waals surface area contributed by atoms with E-state index in [2.05, 4.69) is 58.1 Å². The summed E-state index contributed by atoms with van der Waals surface area (Å²) in [6.45, 7) is 11.1. The maximum absolute atomic E-state index is 6.28. The molecule has 0 aliphatic carbocycles. The van der Waals surface area contributed by atoms with Crippen LogP contribution in [-0.2, 0) is 0 Å². The fourth-order valence-electron chi connectivity index (χ4n) is 2.68. The Hall–Kier alpha value is -1.18. The molecule has 0 amide bonds. The Balaban J connectivity index is 2.29. The van der Waals surface area contributed by atoms with Gasteiger partial charge in [-0.3, -0.25) is 0 Å². The van der Waals surface area contributed by atoms with Crippen LogP contribution in [0, 0.1) is 18.8 Å². The number of fused-ring (bicyclic) bond motifs is 1. The number of hydrogen-bond donors (Lipinski definition) is 1. The van der Waals surface area contributed by atoms with E-state index in [4.69, 9.17) is 4.74 Å². The highest BCUT2D eigenvalue weighted by Crippen LogP contribution is 2.37. The first-order valence-corrected chi connectivity index (χ1v) is 7.02. The van der Waals surface area contributed by atoms with Crippen LogP contribution in [0.2, 0.25) is 0 Å². The van der Waals surface area contributed by atoms with Crippen molar-refractivity contribution in [1.82, 2.24) is 0 Å². The van der Waals surface area contributed by atoms with E-state index >= 15 is 0 Å². The first kappa shape index (κ1) is 13.3. The molecule has 2 rings (SSSR count). The van der Waals surface area contributed by atoms with Crippen molar-refractivity contribution in [3.8, 4) is 5.75 Å². The van der Waals surface area contributed by atoms with Gasteiger partial charge < -0.3 is 10.1 Å². The molecule has 0 saturated carbocycles. The summed E-state index contributed by atoms with van der Waals surface area (Å²) in [5.74, 6) is 2.27. The van der Waals surface area contributed by atoms with E-state index in [-0.39, 0.29) is 6.10 Å². The third-order valence-electron chi connectivity index (χ3n) is 3.63. The summed E-state index contributed by atoms with van der Waals surface area (Å²) in [4.78, 5) is 0. The van der Waals surface area contributed by atoms with Gasteiger partial charge in [0.05, 0.1) is 11.7 Å². The van der Waals surface area contributed by atoms with Crippen LogP contribution in [0.1, 0.15) is 39.7 Å². The maximum Gasteiger partial charge on any atom is 0.145 e. The molecule has 2 nitrogen and oxygen atoms in total. The predicted molar refractivity (Wildman–Crippen MR) is 77.3 cm³/mol. The van der Waals surface area contributed by atoms with Crippen LogP contribution in [0.25, 0.3) is 0 Å². The average Bonchev–Trinajstić information content (AvgIpc) is 2.28. The summed E-state index contributed by atoms with van der Waals surface area (Å²) in [6.07, 6.45) is 1.38. The van der Waals surface area contributed by atoms with E-state index in [0.717, 1.165) is 17.9 Å². The molecule has 1 aromatic carbocycles. The molecule has 0 aromatic heterocycles. The number of aryl methyl sites for hydroxylation is 1. The highest BCUT2D eigenvalue weighted by molar-refractivity contribution is 5.62. The van der Waals surface area contributed by atoms with Crippen LogP contribution in [0.3, 0.4) is 0 Å². The van der Waals surface area contributed by atoms with Crippen LogP contribution in [0.4, 0.5) is 5.69 Å². The number of para-hydroxylation sites is 1. The van der Waals surface area contributed by atoms with Crippen molar-refractivity contribution in [2.45, 2.75) is 53.2 Å². The minimum Gasteiger partial charge on any atom is -0.486 e. The largest absolute Gasteiger partial charge is 0.486 e. The van der Waals surface area contributed by atoms with Crippen molar-refractivity contribution in [3.63, 3.8) is 0 Å². The Morgan fingerprint density at radius 2 is 1.94 bits per heavy atom. The average molecular weight is 247 g/mol. The van der Waals surface area contributed by atoms with Crippen molar-refractivity contribution in [2.24, 2.45) is 11.8 Å². The molecule has 2 atom stereocenters. The van der Waals surface area contributed by atoms with Gasteiger partial charge >= 0.3 is 0 Å². The summed E-state index contributed by atoms with van der Waals surface area (Å²) in [7, 11) is 0. The lowest BCUT2D eigenvalue weighted by atomic mass is 9.90. The van der Waals surface area contributed by atoms with Crippen molar-refractivity contribution in [3.05, 3.63) is 23.8 Å². The SMILES string of the molecule is Cc1cccc2c1OC(CC(C)C)C(C(C)C)N2. The van der Waals surface area contributed by atoms with Gasteiger partial charge in [0.2, 0.25) is 0 Å². The summed E-state index contributed by atoms with van der Waals surface area (Å²) in [6, 6.07) is 6.72. The third kappa shape index (κ3) is 2.63. The Labute approximate surface area is 111 Å². The summed E-state index contributed by atoms with van der Waals surface area (Å²) in [5.41, 5.74) is 2.37. The van der Waals surface area contributed by atoms with Crippen molar-refractivity contribution < 1.29 is 4.74 Å². The molecule has 0 saturated heterocycles. The lowest BCUT2D eigenvalue weighted by Crippen LogP contribution is -2.45. The van der Waals surface area contributed by atoms with Crippen molar-refractivity contribution in [1.29, 1.82) is 0 Å². The molecular formula is C16H25NO. The zero-order valence-corrected chi connectivity index (χ0v) is 12.2. The third-order valence-corrected chi connectivity index (χ3v) is 3.63. The molecule has 100 valence electrons.